The van der Waals surface area contributed by atoms with Gasteiger partial charge in [0, 0.05) is 31.5 Å². The third kappa shape index (κ3) is 8.26. The van der Waals surface area contributed by atoms with Crippen LogP contribution >= 0.6 is 23.8 Å². The average Bonchev–Trinajstić information content (AvgIpc) is 2.94. The molecule has 0 radical (unpaired) electrons. The summed E-state index contributed by atoms with van der Waals surface area (Å²) in [6.07, 6.45) is 2.08. The minimum atomic E-state index is -0.895. The van der Waals surface area contributed by atoms with Crippen molar-refractivity contribution in [1.82, 2.24) is 20.6 Å². The van der Waals surface area contributed by atoms with Crippen molar-refractivity contribution < 1.29 is 14.7 Å². The molecule has 0 atom stereocenters. The second kappa shape index (κ2) is 14.1. The van der Waals surface area contributed by atoms with Crippen LogP contribution in [0.4, 0.5) is 23.1 Å². The molecule has 0 bridgehead atoms. The number of amides is 1. The van der Waals surface area contributed by atoms with Gasteiger partial charge in [0.15, 0.2) is 5.11 Å². The second-order valence-corrected chi connectivity index (χ2v) is 9.50. The minimum Gasteiger partial charge on any atom is -0.481 e. The molecular weight excluding hydrogens is 550 g/mol. The van der Waals surface area contributed by atoms with Gasteiger partial charge in [-0.15, -0.1) is 0 Å². The molecule has 12 heteroatoms. The molecule has 0 aliphatic heterocycles. The van der Waals surface area contributed by atoms with Crippen molar-refractivity contribution in [2.75, 3.05) is 35.6 Å². The van der Waals surface area contributed by atoms with Crippen molar-refractivity contribution in [2.24, 2.45) is 0 Å². The third-order valence-corrected chi connectivity index (χ3v) is 6.34. The van der Waals surface area contributed by atoms with E-state index in [-0.39, 0.29) is 30.4 Å². The lowest BCUT2D eigenvalue weighted by Crippen LogP contribution is -2.37. The summed E-state index contributed by atoms with van der Waals surface area (Å²) in [5, 5.41) is 26.8. The molecule has 0 aliphatic carbocycles. The summed E-state index contributed by atoms with van der Waals surface area (Å²) >= 11 is 11.4. The Hall–Kier alpha value is -4.48. The van der Waals surface area contributed by atoms with Crippen LogP contribution in [0.25, 0.3) is 10.8 Å². The molecule has 0 saturated carbocycles. The van der Waals surface area contributed by atoms with Crippen LogP contribution in [0.2, 0.25) is 5.02 Å². The fraction of sp³-hybridized carbons (Fsp3) is 0.179. The number of carboxylic acids is 1. The fourth-order valence-corrected chi connectivity index (χ4v) is 4.12. The Bertz CT molecular complexity index is 1520. The topological polar surface area (TPSA) is 140 Å². The minimum absolute atomic E-state index is 0.0221. The van der Waals surface area contributed by atoms with Gasteiger partial charge in [-0.1, -0.05) is 54.1 Å². The Morgan fingerprint density at radius 3 is 2.48 bits per heavy atom. The van der Waals surface area contributed by atoms with Crippen LogP contribution in [0.1, 0.15) is 23.2 Å². The highest BCUT2D eigenvalue weighted by Gasteiger charge is 2.16. The van der Waals surface area contributed by atoms with Gasteiger partial charge in [-0.3, -0.25) is 9.59 Å². The zero-order valence-electron chi connectivity index (χ0n) is 21.4. The first-order chi connectivity index (χ1) is 19.4. The maximum atomic E-state index is 13.3. The maximum absolute atomic E-state index is 13.3. The third-order valence-electron chi connectivity index (χ3n) is 5.72. The van der Waals surface area contributed by atoms with Crippen LogP contribution in [0, 0.1) is 0 Å². The van der Waals surface area contributed by atoms with Gasteiger partial charge in [-0.2, -0.15) is 4.98 Å². The van der Waals surface area contributed by atoms with Crippen molar-refractivity contribution >= 4 is 74.7 Å². The van der Waals surface area contributed by atoms with E-state index in [0.717, 1.165) is 10.8 Å². The molecule has 0 fully saturated rings. The number of nitrogens with one attached hydrogen (secondary N) is 5. The molecule has 0 unspecified atom stereocenters. The number of aromatic nitrogens is 2. The number of halogens is 1. The van der Waals surface area contributed by atoms with Gasteiger partial charge in [0.25, 0.3) is 5.91 Å². The van der Waals surface area contributed by atoms with Crippen LogP contribution in [-0.2, 0) is 4.79 Å². The number of rotatable bonds is 12. The molecule has 0 aliphatic rings. The Morgan fingerprint density at radius 2 is 1.68 bits per heavy atom. The lowest BCUT2D eigenvalue weighted by Gasteiger charge is -2.14. The number of nitrogens with zero attached hydrogens (tertiary/aromatic N) is 2. The number of hydrogen-bond donors (Lipinski definition) is 6. The van der Waals surface area contributed by atoms with Crippen molar-refractivity contribution in [3.63, 3.8) is 0 Å². The molecule has 1 heterocycles. The number of hydrogen-bond acceptors (Lipinski definition) is 7. The molecule has 0 saturated heterocycles. The summed E-state index contributed by atoms with van der Waals surface area (Å²) in [5.74, 6) is -0.623. The highest BCUT2D eigenvalue weighted by molar-refractivity contribution is 7.80. The molecule has 1 amide bonds. The van der Waals surface area contributed by atoms with E-state index in [1.165, 1.54) is 6.20 Å². The zero-order valence-corrected chi connectivity index (χ0v) is 23.0. The monoisotopic (exact) mass is 577 g/mol. The number of fused-ring (bicyclic) bond motifs is 1. The summed E-state index contributed by atoms with van der Waals surface area (Å²) in [7, 11) is 0. The predicted octanol–water partition coefficient (Wildman–Crippen LogP) is 5.02. The summed E-state index contributed by atoms with van der Waals surface area (Å²) in [6.45, 7) is 1.25. The number of carboxylic acid groups (broad SMARTS) is 1. The molecule has 3 aromatic carbocycles. The SMILES string of the molecule is O=C(O)CCNC(=S)NCCCNc1nc(Nc2ccccc2Cl)ncc1C(=O)Nc1ccc2ccccc2c1. The lowest BCUT2D eigenvalue weighted by molar-refractivity contribution is -0.136. The molecule has 10 nitrogen and oxygen atoms in total. The highest BCUT2D eigenvalue weighted by atomic mass is 35.5. The Kier molecular flexibility index (Phi) is 10.0. The maximum Gasteiger partial charge on any atom is 0.305 e. The summed E-state index contributed by atoms with van der Waals surface area (Å²) in [6, 6.07) is 20.8. The van der Waals surface area contributed by atoms with Crippen LogP contribution in [0.15, 0.2) is 72.9 Å². The van der Waals surface area contributed by atoms with Gasteiger partial charge in [-0.25, -0.2) is 4.98 Å². The van der Waals surface area contributed by atoms with E-state index in [2.05, 4.69) is 36.6 Å². The number of aliphatic carboxylic acids is 1. The first-order valence-electron chi connectivity index (χ1n) is 12.5. The number of para-hydroxylation sites is 1. The van der Waals surface area contributed by atoms with Crippen molar-refractivity contribution in [3.05, 3.63) is 83.5 Å². The summed E-state index contributed by atoms with van der Waals surface area (Å²) in [4.78, 5) is 32.8. The van der Waals surface area contributed by atoms with Gasteiger partial charge in [-0.05, 0) is 53.7 Å². The highest BCUT2D eigenvalue weighted by Crippen LogP contribution is 2.25. The number of benzene rings is 3. The number of thiocarbonyl (C=S) groups is 1. The lowest BCUT2D eigenvalue weighted by atomic mass is 10.1. The Balaban J connectivity index is 1.43. The molecule has 1 aromatic heterocycles. The molecule has 6 N–H and O–H groups in total. The number of anilines is 4. The smallest absolute Gasteiger partial charge is 0.305 e. The second-order valence-electron chi connectivity index (χ2n) is 8.68. The number of carbonyl (C=O) groups is 2. The van der Waals surface area contributed by atoms with E-state index in [1.54, 1.807) is 12.1 Å². The van der Waals surface area contributed by atoms with Crippen LogP contribution in [0.3, 0.4) is 0 Å². The first-order valence-corrected chi connectivity index (χ1v) is 13.3. The van der Waals surface area contributed by atoms with Crippen LogP contribution in [-0.4, -0.2) is 51.7 Å². The van der Waals surface area contributed by atoms with Gasteiger partial charge in [0.2, 0.25) is 5.95 Å². The fourth-order valence-electron chi connectivity index (χ4n) is 3.73. The first kappa shape index (κ1) is 28.5. The van der Waals surface area contributed by atoms with E-state index in [9.17, 15) is 9.59 Å². The van der Waals surface area contributed by atoms with Crippen molar-refractivity contribution in [3.8, 4) is 0 Å². The standard InChI is InChI=1S/C28H28ClN7O3S/c29-22-8-3-4-9-23(22)35-27-33-17-21(26(39)34-20-11-10-18-6-1-2-7-19(18)16-20)25(36-27)30-13-5-14-31-28(40)32-15-12-24(37)38/h1-4,6-11,16-17H,5,12-15H2,(H,34,39)(H,37,38)(H2,31,32,40)(H2,30,33,35,36). The zero-order chi connectivity index (χ0) is 28.3. The van der Waals surface area contributed by atoms with Gasteiger partial charge in [0.1, 0.15) is 11.4 Å². The summed E-state index contributed by atoms with van der Waals surface area (Å²) in [5.41, 5.74) is 1.56. The van der Waals surface area contributed by atoms with Gasteiger partial charge < -0.3 is 31.7 Å². The van der Waals surface area contributed by atoms with E-state index < -0.39 is 5.97 Å². The van der Waals surface area contributed by atoms with Crippen LogP contribution < -0.4 is 26.6 Å². The normalized spacial score (nSPS) is 10.5. The average molecular weight is 578 g/mol. The molecule has 206 valence electrons. The Labute approximate surface area is 241 Å². The Morgan fingerprint density at radius 1 is 0.925 bits per heavy atom. The summed E-state index contributed by atoms with van der Waals surface area (Å²) < 4.78 is 0. The molecule has 40 heavy (non-hydrogen) atoms. The molecule has 4 aromatic rings. The van der Waals surface area contributed by atoms with Crippen molar-refractivity contribution in [2.45, 2.75) is 12.8 Å². The van der Waals surface area contributed by atoms with E-state index in [0.29, 0.717) is 46.8 Å². The molecular formula is C28H28ClN7O3S. The molecule has 0 spiro atoms. The van der Waals surface area contributed by atoms with E-state index >= 15 is 0 Å². The van der Waals surface area contributed by atoms with E-state index in [4.69, 9.17) is 28.9 Å². The van der Waals surface area contributed by atoms with Crippen molar-refractivity contribution in [1.29, 1.82) is 0 Å². The van der Waals surface area contributed by atoms with E-state index in [1.807, 2.05) is 54.6 Å². The van der Waals surface area contributed by atoms with Crippen LogP contribution in [0.5, 0.6) is 0 Å². The quantitative estimate of drug-likeness (QED) is 0.100. The number of carbonyl (C=O) groups excluding carboxylic acids is 1. The van der Waals surface area contributed by atoms with Gasteiger partial charge >= 0.3 is 5.97 Å². The van der Waals surface area contributed by atoms with Gasteiger partial charge in [0.05, 0.1) is 17.1 Å². The largest absolute Gasteiger partial charge is 0.481 e. The predicted molar refractivity (Wildman–Crippen MR) is 163 cm³/mol. The molecule has 4 rings (SSSR count).